The lowest BCUT2D eigenvalue weighted by molar-refractivity contribution is 0.0468. The summed E-state index contributed by atoms with van der Waals surface area (Å²) >= 11 is 0. The van der Waals surface area contributed by atoms with Crippen LogP contribution in [0, 0.1) is 0 Å². The van der Waals surface area contributed by atoms with Crippen LogP contribution < -0.4 is 5.73 Å². The Kier molecular flexibility index (Phi) is 3.77. The number of nitrogens with zero attached hydrogens (tertiary/aromatic N) is 2. The molecule has 0 saturated carbocycles. The molecule has 0 aliphatic rings. The number of aliphatic hydroxyl groups is 1. The van der Waals surface area contributed by atoms with Crippen LogP contribution in [0.1, 0.15) is 37.0 Å². The maximum Gasteiger partial charge on any atom is 0.276 e. The van der Waals surface area contributed by atoms with E-state index in [9.17, 15) is 9.90 Å². The SMILES string of the molecule is CCc1[nH]nc(C(=O)N(C)C(C)(C)CO)c1N. The normalized spacial score (nSPS) is 11.6. The molecule has 0 aliphatic carbocycles. The number of rotatable bonds is 4. The molecule has 1 aromatic heterocycles. The van der Waals surface area contributed by atoms with Crippen molar-refractivity contribution in [3.8, 4) is 0 Å². The van der Waals surface area contributed by atoms with E-state index in [1.807, 2.05) is 6.92 Å². The van der Waals surface area contributed by atoms with Crippen molar-refractivity contribution in [2.45, 2.75) is 32.7 Å². The zero-order valence-electron chi connectivity index (χ0n) is 10.7. The third-order valence-electron chi connectivity index (χ3n) is 3.04. The van der Waals surface area contributed by atoms with Crippen molar-refractivity contribution in [2.75, 3.05) is 19.4 Å². The Bertz CT molecular complexity index is 412. The number of aryl methyl sites for hydroxylation is 1. The van der Waals surface area contributed by atoms with E-state index in [0.29, 0.717) is 12.1 Å². The van der Waals surface area contributed by atoms with Gasteiger partial charge in [-0.15, -0.1) is 0 Å². The highest BCUT2D eigenvalue weighted by Gasteiger charge is 2.30. The summed E-state index contributed by atoms with van der Waals surface area (Å²) in [4.78, 5) is 13.6. The van der Waals surface area contributed by atoms with Crippen LogP contribution in [0.25, 0.3) is 0 Å². The minimum Gasteiger partial charge on any atom is -0.395 e. The van der Waals surface area contributed by atoms with Crippen molar-refractivity contribution in [1.82, 2.24) is 15.1 Å². The van der Waals surface area contributed by atoms with Crippen LogP contribution >= 0.6 is 0 Å². The van der Waals surface area contributed by atoms with Gasteiger partial charge in [-0.3, -0.25) is 9.89 Å². The number of nitrogens with one attached hydrogen (secondary N) is 1. The molecule has 6 nitrogen and oxygen atoms in total. The van der Waals surface area contributed by atoms with Crippen molar-refractivity contribution in [3.05, 3.63) is 11.4 Å². The number of aromatic nitrogens is 2. The predicted molar refractivity (Wildman–Crippen MR) is 65.6 cm³/mol. The number of amides is 1. The van der Waals surface area contributed by atoms with Crippen LogP contribution in [0.15, 0.2) is 0 Å². The van der Waals surface area contributed by atoms with E-state index in [1.54, 1.807) is 20.9 Å². The number of hydrogen-bond donors (Lipinski definition) is 3. The van der Waals surface area contributed by atoms with Gasteiger partial charge < -0.3 is 15.7 Å². The van der Waals surface area contributed by atoms with E-state index in [4.69, 9.17) is 5.73 Å². The highest BCUT2D eigenvalue weighted by Crippen LogP contribution is 2.20. The molecule has 0 unspecified atom stereocenters. The van der Waals surface area contributed by atoms with Crippen LogP contribution in [0.2, 0.25) is 0 Å². The van der Waals surface area contributed by atoms with Crippen molar-refractivity contribution in [2.24, 2.45) is 0 Å². The smallest absolute Gasteiger partial charge is 0.276 e. The van der Waals surface area contributed by atoms with Gasteiger partial charge in [0.2, 0.25) is 0 Å². The second kappa shape index (κ2) is 4.75. The number of likely N-dealkylation sites (N-methyl/N-ethyl adjacent to an activating group) is 1. The highest BCUT2D eigenvalue weighted by atomic mass is 16.3. The van der Waals surface area contributed by atoms with Gasteiger partial charge >= 0.3 is 0 Å². The zero-order valence-corrected chi connectivity index (χ0v) is 10.7. The lowest BCUT2D eigenvalue weighted by Gasteiger charge is -2.33. The Labute approximate surface area is 101 Å². The second-order valence-corrected chi connectivity index (χ2v) is 4.65. The monoisotopic (exact) mass is 240 g/mol. The topological polar surface area (TPSA) is 95.2 Å². The average molecular weight is 240 g/mol. The number of aromatic amines is 1. The lowest BCUT2D eigenvalue weighted by atomic mass is 10.0. The first-order valence-electron chi connectivity index (χ1n) is 5.56. The molecule has 0 spiro atoms. The quantitative estimate of drug-likeness (QED) is 0.709. The minimum absolute atomic E-state index is 0.125. The Morgan fingerprint density at radius 1 is 1.59 bits per heavy atom. The molecule has 0 bridgehead atoms. The fourth-order valence-corrected chi connectivity index (χ4v) is 1.36. The Morgan fingerprint density at radius 2 is 2.18 bits per heavy atom. The third-order valence-corrected chi connectivity index (χ3v) is 3.04. The number of nitrogen functional groups attached to an aromatic ring is 1. The Balaban J connectivity index is 3.01. The number of carbonyl (C=O) groups excluding carboxylic acids is 1. The molecule has 0 fully saturated rings. The van der Waals surface area contributed by atoms with Gasteiger partial charge in [0, 0.05) is 7.05 Å². The summed E-state index contributed by atoms with van der Waals surface area (Å²) in [7, 11) is 1.62. The van der Waals surface area contributed by atoms with E-state index in [2.05, 4.69) is 10.2 Å². The molecule has 6 heteroatoms. The number of anilines is 1. The first-order valence-corrected chi connectivity index (χ1v) is 5.56. The predicted octanol–water partition coefficient (Wildman–Crippen LogP) is 0.397. The standard InChI is InChI=1S/C11H20N4O2/c1-5-7-8(12)9(14-13-7)10(17)15(4)11(2,3)6-16/h16H,5-6,12H2,1-4H3,(H,13,14). The molecule has 1 heterocycles. The maximum atomic E-state index is 12.2. The molecule has 1 rings (SSSR count). The number of nitrogens with two attached hydrogens (primary N) is 1. The molecule has 0 aromatic carbocycles. The molecule has 17 heavy (non-hydrogen) atoms. The van der Waals surface area contributed by atoms with E-state index in [-0.39, 0.29) is 18.2 Å². The number of carbonyl (C=O) groups is 1. The molecule has 96 valence electrons. The Hall–Kier alpha value is -1.56. The van der Waals surface area contributed by atoms with Crippen LogP contribution in [0.4, 0.5) is 5.69 Å². The van der Waals surface area contributed by atoms with E-state index in [1.165, 1.54) is 4.90 Å². The molecular weight excluding hydrogens is 220 g/mol. The molecule has 0 radical (unpaired) electrons. The van der Waals surface area contributed by atoms with Crippen LogP contribution in [-0.4, -0.2) is 45.3 Å². The summed E-state index contributed by atoms with van der Waals surface area (Å²) in [6.45, 7) is 5.35. The van der Waals surface area contributed by atoms with Gasteiger partial charge in [-0.2, -0.15) is 5.10 Å². The van der Waals surface area contributed by atoms with Gasteiger partial charge in [0.15, 0.2) is 5.69 Å². The van der Waals surface area contributed by atoms with Crippen molar-refractivity contribution in [3.63, 3.8) is 0 Å². The van der Waals surface area contributed by atoms with Crippen molar-refractivity contribution >= 4 is 11.6 Å². The molecule has 0 saturated heterocycles. The van der Waals surface area contributed by atoms with Gasteiger partial charge in [0.25, 0.3) is 5.91 Å². The number of H-pyrrole nitrogens is 1. The van der Waals surface area contributed by atoms with Gasteiger partial charge in [0.1, 0.15) is 0 Å². The summed E-state index contributed by atoms with van der Waals surface area (Å²) in [6.07, 6.45) is 0.694. The average Bonchev–Trinajstić information content (AvgIpc) is 2.68. The lowest BCUT2D eigenvalue weighted by Crippen LogP contribution is -2.47. The van der Waals surface area contributed by atoms with Gasteiger partial charge in [-0.1, -0.05) is 6.92 Å². The van der Waals surface area contributed by atoms with Crippen LogP contribution in [0.5, 0.6) is 0 Å². The van der Waals surface area contributed by atoms with Crippen molar-refractivity contribution < 1.29 is 9.90 Å². The largest absolute Gasteiger partial charge is 0.395 e. The minimum atomic E-state index is -0.644. The van der Waals surface area contributed by atoms with Crippen molar-refractivity contribution in [1.29, 1.82) is 0 Å². The molecular formula is C11H20N4O2. The van der Waals surface area contributed by atoms with E-state index < -0.39 is 5.54 Å². The fourth-order valence-electron chi connectivity index (χ4n) is 1.36. The van der Waals surface area contributed by atoms with Gasteiger partial charge in [-0.05, 0) is 20.3 Å². The summed E-state index contributed by atoms with van der Waals surface area (Å²) in [5, 5.41) is 15.9. The van der Waals surface area contributed by atoms with E-state index in [0.717, 1.165) is 5.69 Å². The number of aliphatic hydroxyl groups excluding tert-OH is 1. The third kappa shape index (κ3) is 2.41. The first kappa shape index (κ1) is 13.5. The summed E-state index contributed by atoms with van der Waals surface area (Å²) in [5.74, 6) is -0.294. The fraction of sp³-hybridized carbons (Fsp3) is 0.636. The summed E-state index contributed by atoms with van der Waals surface area (Å²) in [5.41, 5.74) is 6.54. The second-order valence-electron chi connectivity index (χ2n) is 4.65. The highest BCUT2D eigenvalue weighted by molar-refractivity contribution is 5.97. The first-order chi connectivity index (χ1) is 7.85. The molecule has 1 aromatic rings. The van der Waals surface area contributed by atoms with Gasteiger partial charge in [0.05, 0.1) is 23.5 Å². The Morgan fingerprint density at radius 3 is 2.59 bits per heavy atom. The van der Waals surface area contributed by atoms with Crippen LogP contribution in [0.3, 0.4) is 0 Å². The summed E-state index contributed by atoms with van der Waals surface area (Å²) < 4.78 is 0. The van der Waals surface area contributed by atoms with E-state index >= 15 is 0 Å². The molecule has 1 amide bonds. The zero-order chi connectivity index (χ0) is 13.2. The molecule has 4 N–H and O–H groups in total. The summed E-state index contributed by atoms with van der Waals surface area (Å²) in [6, 6.07) is 0. The molecule has 0 aliphatic heterocycles. The van der Waals surface area contributed by atoms with Crippen LogP contribution in [-0.2, 0) is 6.42 Å². The molecule has 0 atom stereocenters. The maximum absolute atomic E-state index is 12.2. The van der Waals surface area contributed by atoms with Gasteiger partial charge in [-0.25, -0.2) is 0 Å². The number of hydrogen-bond acceptors (Lipinski definition) is 4.